The Morgan fingerprint density at radius 3 is 2.81 bits per heavy atom. The zero-order chi connectivity index (χ0) is 15.4. The summed E-state index contributed by atoms with van der Waals surface area (Å²) in [6.45, 7) is 2.07. The van der Waals surface area contributed by atoms with Gasteiger partial charge in [0.1, 0.15) is 0 Å². The molecule has 5 nitrogen and oxygen atoms in total. The van der Waals surface area contributed by atoms with E-state index in [1.165, 1.54) is 12.1 Å². The number of rotatable bonds is 6. The van der Waals surface area contributed by atoms with Crippen LogP contribution >= 0.6 is 0 Å². The Morgan fingerprint density at radius 2 is 2.14 bits per heavy atom. The van der Waals surface area contributed by atoms with Gasteiger partial charge in [0.15, 0.2) is 5.78 Å². The maximum absolute atomic E-state index is 14.0. The Hall–Kier alpha value is -2.50. The number of carbonyl (C=O) groups excluding carboxylic acids is 1. The quantitative estimate of drug-likeness (QED) is 0.464. The van der Waals surface area contributed by atoms with Gasteiger partial charge in [0.05, 0.1) is 11.5 Å². The van der Waals surface area contributed by atoms with Gasteiger partial charge >= 0.3 is 5.69 Å². The number of nitrogens with zero attached hydrogens (tertiary/aromatic N) is 2. The van der Waals surface area contributed by atoms with E-state index in [0.717, 1.165) is 12.5 Å². The zero-order valence-electron chi connectivity index (χ0n) is 11.6. The third-order valence-corrected chi connectivity index (χ3v) is 3.16. The minimum absolute atomic E-state index is 0.0377. The van der Waals surface area contributed by atoms with Crippen molar-refractivity contribution in [3.8, 4) is 0 Å². The molecule has 0 saturated heterocycles. The fraction of sp³-hybridized carbons (Fsp3) is 0.267. The summed E-state index contributed by atoms with van der Waals surface area (Å²) < 4.78 is 15.6. The van der Waals surface area contributed by atoms with Gasteiger partial charge in [-0.15, -0.1) is 0 Å². The lowest BCUT2D eigenvalue weighted by Crippen LogP contribution is -2.03. The van der Waals surface area contributed by atoms with E-state index in [4.69, 9.17) is 0 Å². The van der Waals surface area contributed by atoms with Crippen LogP contribution in [0.25, 0.3) is 0 Å². The molecule has 1 aromatic heterocycles. The number of hydrogen-bond acceptors (Lipinski definition) is 3. The molecule has 21 heavy (non-hydrogen) atoms. The van der Waals surface area contributed by atoms with Gasteiger partial charge in [0.25, 0.3) is 0 Å². The van der Waals surface area contributed by atoms with E-state index in [-0.39, 0.29) is 17.9 Å². The van der Waals surface area contributed by atoms with Gasteiger partial charge < -0.3 is 4.57 Å². The normalized spacial score (nSPS) is 10.6. The molecule has 6 heteroatoms. The summed E-state index contributed by atoms with van der Waals surface area (Å²) in [4.78, 5) is 21.7. The van der Waals surface area contributed by atoms with E-state index in [1.54, 1.807) is 23.0 Å². The Morgan fingerprint density at radius 1 is 1.38 bits per heavy atom. The molecule has 0 aliphatic heterocycles. The van der Waals surface area contributed by atoms with Crippen LogP contribution in [0.4, 0.5) is 10.1 Å². The monoisotopic (exact) mass is 290 g/mol. The van der Waals surface area contributed by atoms with Crippen LogP contribution in [0.1, 0.15) is 35.7 Å². The maximum atomic E-state index is 14.0. The second kappa shape index (κ2) is 6.30. The average Bonchev–Trinajstić information content (AvgIpc) is 2.90. The molecule has 1 aromatic carbocycles. The molecular weight excluding hydrogens is 275 g/mol. The average molecular weight is 290 g/mol. The minimum Gasteiger partial charge on any atom is -0.349 e. The van der Waals surface area contributed by atoms with Gasteiger partial charge in [0, 0.05) is 36.0 Å². The van der Waals surface area contributed by atoms with Crippen molar-refractivity contribution in [3.63, 3.8) is 0 Å². The van der Waals surface area contributed by atoms with Crippen molar-refractivity contribution in [2.24, 2.45) is 0 Å². The number of Topliss-reactive ketones (excluding diaryl/α,β-unsaturated/α-hetero) is 1. The molecule has 2 aromatic rings. The van der Waals surface area contributed by atoms with Crippen molar-refractivity contribution in [3.05, 3.63) is 63.7 Å². The van der Waals surface area contributed by atoms with E-state index < -0.39 is 16.4 Å². The largest absolute Gasteiger partial charge is 0.349 e. The van der Waals surface area contributed by atoms with Crippen molar-refractivity contribution in [2.45, 2.75) is 26.3 Å². The molecule has 0 amide bonds. The van der Waals surface area contributed by atoms with Crippen molar-refractivity contribution < 1.29 is 14.1 Å². The molecule has 0 atom stereocenters. The number of aromatic nitrogens is 1. The van der Waals surface area contributed by atoms with Crippen LogP contribution in [-0.4, -0.2) is 15.3 Å². The Balaban J connectivity index is 2.21. The van der Waals surface area contributed by atoms with E-state index in [1.807, 2.05) is 6.92 Å². The number of halogens is 1. The van der Waals surface area contributed by atoms with Crippen molar-refractivity contribution in [1.82, 2.24) is 4.57 Å². The van der Waals surface area contributed by atoms with Crippen LogP contribution in [0, 0.1) is 15.9 Å². The number of carbonyl (C=O) groups is 1. The van der Waals surface area contributed by atoms with E-state index in [0.29, 0.717) is 12.0 Å². The molecule has 0 aliphatic carbocycles. The van der Waals surface area contributed by atoms with Crippen molar-refractivity contribution >= 4 is 11.5 Å². The summed E-state index contributed by atoms with van der Waals surface area (Å²) in [6.07, 6.45) is 4.54. The lowest BCUT2D eigenvalue weighted by molar-refractivity contribution is -0.387. The van der Waals surface area contributed by atoms with Gasteiger partial charge in [-0.2, -0.15) is 4.39 Å². The molecule has 0 unspecified atom stereocenters. The summed E-state index contributed by atoms with van der Waals surface area (Å²) in [6, 6.07) is 5.75. The first kappa shape index (κ1) is 14.9. The van der Waals surface area contributed by atoms with Gasteiger partial charge in [-0.25, -0.2) is 0 Å². The molecule has 110 valence electrons. The van der Waals surface area contributed by atoms with Crippen LogP contribution in [0.5, 0.6) is 0 Å². The predicted octanol–water partition coefficient (Wildman–Crippen LogP) is 3.57. The smallest absolute Gasteiger partial charge is 0.305 e. The molecular formula is C15H15FN2O3. The van der Waals surface area contributed by atoms with Gasteiger partial charge in [0.2, 0.25) is 5.82 Å². The standard InChI is InChI=1S/C15H15FN2O3/c1-2-4-14(19)11-7-8-17(9-11)10-12-5-3-6-13(15(12)16)18(20)21/h3,5-9H,2,4,10H2,1H3. The van der Waals surface area contributed by atoms with Gasteiger partial charge in [-0.05, 0) is 12.5 Å². The number of ketones is 1. The van der Waals surface area contributed by atoms with Gasteiger partial charge in [-0.1, -0.05) is 19.1 Å². The molecule has 0 saturated carbocycles. The van der Waals surface area contributed by atoms with Crippen LogP contribution < -0.4 is 0 Å². The van der Waals surface area contributed by atoms with Crippen LogP contribution in [0.3, 0.4) is 0 Å². The minimum atomic E-state index is -0.836. The highest BCUT2D eigenvalue weighted by Gasteiger charge is 2.17. The molecule has 0 radical (unpaired) electrons. The van der Waals surface area contributed by atoms with E-state index in [9.17, 15) is 19.3 Å². The van der Waals surface area contributed by atoms with Crippen LogP contribution in [0.2, 0.25) is 0 Å². The molecule has 2 rings (SSSR count). The Kier molecular flexibility index (Phi) is 4.47. The number of nitro groups is 1. The second-order valence-electron chi connectivity index (χ2n) is 4.75. The highest BCUT2D eigenvalue weighted by Crippen LogP contribution is 2.21. The van der Waals surface area contributed by atoms with Crippen LogP contribution in [-0.2, 0) is 6.54 Å². The number of nitro benzene ring substituents is 1. The van der Waals surface area contributed by atoms with Gasteiger partial charge in [-0.3, -0.25) is 14.9 Å². The third-order valence-electron chi connectivity index (χ3n) is 3.16. The Labute approximate surface area is 121 Å². The molecule has 0 N–H and O–H groups in total. The lowest BCUT2D eigenvalue weighted by Gasteiger charge is -2.05. The second-order valence-corrected chi connectivity index (χ2v) is 4.75. The summed E-state index contributed by atoms with van der Waals surface area (Å²) >= 11 is 0. The number of hydrogen-bond donors (Lipinski definition) is 0. The first-order chi connectivity index (χ1) is 10.0. The zero-order valence-corrected chi connectivity index (χ0v) is 11.6. The molecule has 0 spiro atoms. The van der Waals surface area contributed by atoms with E-state index >= 15 is 0 Å². The van der Waals surface area contributed by atoms with E-state index in [2.05, 4.69) is 0 Å². The molecule has 0 aliphatic rings. The molecule has 1 heterocycles. The predicted molar refractivity (Wildman–Crippen MR) is 75.8 cm³/mol. The summed E-state index contributed by atoms with van der Waals surface area (Å²) in [5, 5.41) is 10.7. The van der Waals surface area contributed by atoms with Crippen molar-refractivity contribution in [1.29, 1.82) is 0 Å². The lowest BCUT2D eigenvalue weighted by atomic mass is 10.1. The summed E-state index contributed by atoms with van der Waals surface area (Å²) in [5.41, 5.74) is 0.249. The number of benzene rings is 1. The first-order valence-corrected chi connectivity index (χ1v) is 6.63. The summed E-state index contributed by atoms with van der Waals surface area (Å²) in [7, 11) is 0. The SMILES string of the molecule is CCCC(=O)c1ccn(Cc2cccc([N+](=O)[O-])c2F)c1. The summed E-state index contributed by atoms with van der Waals surface area (Å²) in [5.74, 6) is -0.798. The molecule has 0 fully saturated rings. The highest BCUT2D eigenvalue weighted by molar-refractivity contribution is 5.95. The highest BCUT2D eigenvalue weighted by atomic mass is 19.1. The van der Waals surface area contributed by atoms with Crippen molar-refractivity contribution in [2.75, 3.05) is 0 Å². The van der Waals surface area contributed by atoms with Crippen LogP contribution in [0.15, 0.2) is 36.7 Å². The topological polar surface area (TPSA) is 65.1 Å². The Bertz CT molecular complexity index is 679. The fourth-order valence-electron chi connectivity index (χ4n) is 2.10. The first-order valence-electron chi connectivity index (χ1n) is 6.63. The molecule has 0 bridgehead atoms. The maximum Gasteiger partial charge on any atom is 0.305 e. The third kappa shape index (κ3) is 3.34. The fourth-order valence-corrected chi connectivity index (χ4v) is 2.10.